The zero-order valence-corrected chi connectivity index (χ0v) is 14.7. The number of aromatic nitrogens is 1. The fourth-order valence-corrected chi connectivity index (χ4v) is 2.09. The van der Waals surface area contributed by atoms with Crippen LogP contribution < -0.4 is 9.47 Å². The van der Waals surface area contributed by atoms with Crippen molar-refractivity contribution in [1.82, 2.24) is 4.98 Å². The van der Waals surface area contributed by atoms with Crippen molar-refractivity contribution in [3.8, 4) is 11.8 Å². The predicted molar refractivity (Wildman–Crippen MR) is 89.2 cm³/mol. The van der Waals surface area contributed by atoms with Crippen LogP contribution in [-0.2, 0) is 30.3 Å². The van der Waals surface area contributed by atoms with Crippen molar-refractivity contribution in [2.75, 3.05) is 73.2 Å². The number of nitrogens with zero attached hydrogens (tertiary/aromatic N) is 1. The molecule has 0 aromatic carbocycles. The highest BCUT2D eigenvalue weighted by Crippen LogP contribution is 2.21. The van der Waals surface area contributed by atoms with Gasteiger partial charge in [-0.05, 0) is 6.07 Å². The number of rotatable bonds is 2. The fourth-order valence-electron chi connectivity index (χ4n) is 2.09. The maximum absolute atomic E-state index is 5.71. The Balaban J connectivity index is 1.89. The summed E-state index contributed by atoms with van der Waals surface area (Å²) in [4.78, 5) is 4.38. The van der Waals surface area contributed by atoms with Crippen LogP contribution in [0.15, 0.2) is 12.1 Å². The van der Waals surface area contributed by atoms with Gasteiger partial charge < -0.3 is 33.2 Å². The average Bonchev–Trinajstić information content (AvgIpc) is 2.62. The first-order valence-electron chi connectivity index (χ1n) is 8.45. The summed E-state index contributed by atoms with van der Waals surface area (Å²) in [6, 6.07) is 3.67. The molecular formula is C17H27NO7. The third-order valence-electron chi connectivity index (χ3n) is 3.27. The summed E-state index contributed by atoms with van der Waals surface area (Å²) in [6.45, 7) is 5.29. The van der Waals surface area contributed by atoms with Crippen LogP contribution in [-0.4, -0.2) is 78.2 Å². The van der Waals surface area contributed by atoms with Crippen LogP contribution in [0.5, 0.6) is 11.8 Å². The van der Waals surface area contributed by atoms with E-state index in [2.05, 4.69) is 4.98 Å². The normalized spacial score (nSPS) is 18.9. The molecule has 0 N–H and O–H groups in total. The Morgan fingerprint density at radius 2 is 1.28 bits per heavy atom. The molecule has 0 saturated carbocycles. The minimum Gasteiger partial charge on any atom is -0.475 e. The number of fused-ring (bicyclic) bond motifs is 2. The third-order valence-corrected chi connectivity index (χ3v) is 3.27. The summed E-state index contributed by atoms with van der Waals surface area (Å²) in [5.74, 6) is 0.980. The van der Waals surface area contributed by atoms with E-state index in [0.29, 0.717) is 84.4 Å². The smallest absolute Gasteiger partial charge is 0.222 e. The summed E-state index contributed by atoms with van der Waals surface area (Å²) in [7, 11) is 1.63. The Morgan fingerprint density at radius 3 is 1.84 bits per heavy atom. The van der Waals surface area contributed by atoms with E-state index in [9.17, 15) is 0 Å². The molecule has 0 spiro atoms. The van der Waals surface area contributed by atoms with Crippen molar-refractivity contribution in [2.45, 2.75) is 6.61 Å². The number of hydrogen-bond acceptors (Lipinski definition) is 8. The zero-order valence-electron chi connectivity index (χ0n) is 14.7. The first-order chi connectivity index (χ1) is 12.4. The summed E-state index contributed by atoms with van der Waals surface area (Å²) in [5, 5.41) is 0. The molecule has 0 atom stereocenters. The maximum atomic E-state index is 5.71. The Hall–Kier alpha value is -1.45. The van der Waals surface area contributed by atoms with Crippen LogP contribution >= 0.6 is 0 Å². The highest BCUT2D eigenvalue weighted by molar-refractivity contribution is 5.30. The molecule has 25 heavy (non-hydrogen) atoms. The van der Waals surface area contributed by atoms with Gasteiger partial charge in [-0.15, -0.1) is 0 Å². The molecule has 2 heterocycles. The third kappa shape index (κ3) is 8.46. The monoisotopic (exact) mass is 357 g/mol. The second kappa shape index (κ2) is 12.8. The standard InChI is InChI=1S/C17H27NO7/c1-19-14-15-2-3-16-18-17(15)25-13-11-23-9-7-21-5-4-20-6-8-22-10-12-24-16/h2-3H,4-14H2,1H3. The molecule has 2 bridgehead atoms. The van der Waals surface area contributed by atoms with Gasteiger partial charge in [0.2, 0.25) is 11.8 Å². The quantitative estimate of drug-likeness (QED) is 0.778. The molecule has 142 valence electrons. The van der Waals surface area contributed by atoms with Gasteiger partial charge in [-0.3, -0.25) is 0 Å². The van der Waals surface area contributed by atoms with E-state index in [1.54, 1.807) is 13.2 Å². The van der Waals surface area contributed by atoms with Crippen molar-refractivity contribution in [3.05, 3.63) is 17.7 Å². The summed E-state index contributed by atoms with van der Waals surface area (Å²) in [6.07, 6.45) is 0. The molecule has 8 nitrogen and oxygen atoms in total. The number of pyridine rings is 1. The molecule has 0 radical (unpaired) electrons. The molecule has 8 heteroatoms. The van der Waals surface area contributed by atoms with Crippen molar-refractivity contribution < 1.29 is 33.2 Å². The van der Waals surface area contributed by atoms with E-state index in [-0.39, 0.29) is 0 Å². The zero-order chi connectivity index (χ0) is 17.6. The molecule has 1 aromatic heterocycles. The van der Waals surface area contributed by atoms with Gasteiger partial charge in [-0.2, -0.15) is 4.98 Å². The van der Waals surface area contributed by atoms with E-state index in [1.165, 1.54) is 0 Å². The van der Waals surface area contributed by atoms with Crippen LogP contribution in [0.2, 0.25) is 0 Å². The molecular weight excluding hydrogens is 330 g/mol. The molecule has 1 aliphatic rings. The number of ether oxygens (including phenoxy) is 7. The second-order valence-electron chi connectivity index (χ2n) is 5.19. The van der Waals surface area contributed by atoms with E-state index in [0.717, 1.165) is 5.56 Å². The van der Waals surface area contributed by atoms with Gasteiger partial charge in [0.15, 0.2) is 0 Å². The summed E-state index contributed by atoms with van der Waals surface area (Å²) >= 11 is 0. The largest absolute Gasteiger partial charge is 0.475 e. The van der Waals surface area contributed by atoms with Crippen molar-refractivity contribution in [2.24, 2.45) is 0 Å². The van der Waals surface area contributed by atoms with Crippen LogP contribution in [0.1, 0.15) is 5.56 Å². The van der Waals surface area contributed by atoms with Crippen LogP contribution in [0, 0.1) is 0 Å². The predicted octanol–water partition coefficient (Wildman–Crippen LogP) is 1.07. The van der Waals surface area contributed by atoms with E-state index >= 15 is 0 Å². The van der Waals surface area contributed by atoms with E-state index in [1.807, 2.05) is 6.07 Å². The second-order valence-corrected chi connectivity index (χ2v) is 5.19. The molecule has 2 rings (SSSR count). The SMILES string of the molecule is COCc1ccc2nc1OCCOCCOCCOCCOCCO2. The van der Waals surface area contributed by atoms with Gasteiger partial charge in [0.25, 0.3) is 0 Å². The Kier molecular flexibility index (Phi) is 10.2. The van der Waals surface area contributed by atoms with Gasteiger partial charge in [-0.1, -0.05) is 0 Å². The number of hydrogen-bond donors (Lipinski definition) is 0. The van der Waals surface area contributed by atoms with Gasteiger partial charge in [0.05, 0.1) is 59.5 Å². The lowest BCUT2D eigenvalue weighted by Crippen LogP contribution is -2.14. The lowest BCUT2D eigenvalue weighted by atomic mass is 10.3. The van der Waals surface area contributed by atoms with Gasteiger partial charge >= 0.3 is 0 Å². The molecule has 0 amide bonds. The Bertz CT molecular complexity index is 472. The minimum atomic E-state index is 0.388. The molecule has 0 saturated heterocycles. The summed E-state index contributed by atoms with van der Waals surface area (Å²) < 4.78 is 38.2. The number of methoxy groups -OCH3 is 1. The molecule has 1 aliphatic heterocycles. The first-order valence-corrected chi connectivity index (χ1v) is 8.45. The molecule has 0 fully saturated rings. The van der Waals surface area contributed by atoms with Crippen LogP contribution in [0.3, 0.4) is 0 Å². The first kappa shape index (κ1) is 19.9. The highest BCUT2D eigenvalue weighted by Gasteiger charge is 2.08. The molecule has 1 aromatic rings. The molecule has 0 aliphatic carbocycles. The minimum absolute atomic E-state index is 0.388. The lowest BCUT2D eigenvalue weighted by Gasteiger charge is -2.12. The van der Waals surface area contributed by atoms with Crippen LogP contribution in [0.4, 0.5) is 0 Å². The van der Waals surface area contributed by atoms with Crippen LogP contribution in [0.25, 0.3) is 0 Å². The van der Waals surface area contributed by atoms with Crippen molar-refractivity contribution in [3.63, 3.8) is 0 Å². The van der Waals surface area contributed by atoms with E-state index in [4.69, 9.17) is 33.2 Å². The maximum Gasteiger partial charge on any atom is 0.222 e. The lowest BCUT2D eigenvalue weighted by molar-refractivity contribution is -0.00668. The Morgan fingerprint density at radius 1 is 0.760 bits per heavy atom. The summed E-state index contributed by atoms with van der Waals surface area (Å²) in [5.41, 5.74) is 0.859. The van der Waals surface area contributed by atoms with Gasteiger partial charge in [0, 0.05) is 18.7 Å². The van der Waals surface area contributed by atoms with Gasteiger partial charge in [0.1, 0.15) is 13.2 Å². The van der Waals surface area contributed by atoms with Gasteiger partial charge in [-0.25, -0.2) is 0 Å². The van der Waals surface area contributed by atoms with Crippen molar-refractivity contribution in [1.29, 1.82) is 0 Å². The molecule has 0 unspecified atom stereocenters. The fraction of sp³-hybridized carbons (Fsp3) is 0.706. The Labute approximate surface area is 148 Å². The topological polar surface area (TPSA) is 77.5 Å². The van der Waals surface area contributed by atoms with E-state index < -0.39 is 0 Å². The highest BCUT2D eigenvalue weighted by atomic mass is 16.6. The van der Waals surface area contributed by atoms with Crippen molar-refractivity contribution >= 4 is 0 Å². The average molecular weight is 357 g/mol.